The van der Waals surface area contributed by atoms with Crippen LogP contribution in [0.15, 0.2) is 0 Å². The third kappa shape index (κ3) is 2.93. The van der Waals surface area contributed by atoms with Crippen molar-refractivity contribution in [3.63, 3.8) is 0 Å². The van der Waals surface area contributed by atoms with E-state index in [9.17, 15) is 13.2 Å². The minimum Gasteiger partial charge on any atom is -0.368 e. The van der Waals surface area contributed by atoms with Gasteiger partial charge in [0.25, 0.3) is 0 Å². The van der Waals surface area contributed by atoms with Crippen LogP contribution >= 0.6 is 0 Å². The molecule has 2 aliphatic rings. The normalized spacial score (nSPS) is 29.3. The molecule has 0 radical (unpaired) electrons. The molecule has 2 unspecified atom stereocenters. The molecule has 110 valence electrons. The predicted octanol–water partition coefficient (Wildman–Crippen LogP) is -1.04. The molecule has 0 aromatic heterocycles. The molecule has 1 aliphatic carbocycles. The zero-order chi connectivity index (χ0) is 14.3. The molecular formula is C12H23N3O3S. The summed E-state index contributed by atoms with van der Waals surface area (Å²) in [4.78, 5) is 13.8. The van der Waals surface area contributed by atoms with Crippen molar-refractivity contribution < 1.29 is 13.2 Å². The number of nitrogens with one attached hydrogen (secondary N) is 1. The first-order chi connectivity index (χ1) is 8.81. The Morgan fingerprint density at radius 3 is 2.42 bits per heavy atom. The van der Waals surface area contributed by atoms with Gasteiger partial charge in [0.05, 0.1) is 11.5 Å². The summed E-state index contributed by atoms with van der Waals surface area (Å²) in [6.07, 6.45) is 2.64. The Balaban J connectivity index is 2.07. The van der Waals surface area contributed by atoms with E-state index >= 15 is 0 Å². The minimum absolute atomic E-state index is 0.00387. The smallest absolute Gasteiger partial charge is 0.239 e. The largest absolute Gasteiger partial charge is 0.368 e. The molecule has 0 aromatic rings. The second kappa shape index (κ2) is 5.03. The highest BCUT2D eigenvalue weighted by Crippen LogP contribution is 2.40. The first-order valence-electron chi connectivity index (χ1n) is 6.70. The minimum atomic E-state index is -2.91. The van der Waals surface area contributed by atoms with Crippen molar-refractivity contribution in [2.24, 2.45) is 11.7 Å². The van der Waals surface area contributed by atoms with Crippen molar-refractivity contribution in [3.05, 3.63) is 0 Å². The van der Waals surface area contributed by atoms with Crippen LogP contribution in [-0.4, -0.2) is 63.0 Å². The molecule has 1 saturated carbocycles. The molecule has 1 amide bonds. The highest BCUT2D eigenvalue weighted by Gasteiger charge is 2.50. The molecule has 2 atom stereocenters. The lowest BCUT2D eigenvalue weighted by Crippen LogP contribution is -2.62. The number of primary amides is 1. The van der Waals surface area contributed by atoms with E-state index in [1.54, 1.807) is 7.05 Å². The Morgan fingerprint density at radius 2 is 2.05 bits per heavy atom. The van der Waals surface area contributed by atoms with Crippen molar-refractivity contribution in [3.8, 4) is 0 Å². The summed E-state index contributed by atoms with van der Waals surface area (Å²) >= 11 is 0. The van der Waals surface area contributed by atoms with Crippen molar-refractivity contribution in [1.29, 1.82) is 0 Å². The first kappa shape index (κ1) is 14.7. The van der Waals surface area contributed by atoms with E-state index in [1.807, 2.05) is 11.9 Å². The average Bonchev–Trinajstić information content (AvgIpc) is 3.10. The van der Waals surface area contributed by atoms with Crippen LogP contribution in [0.25, 0.3) is 0 Å². The monoisotopic (exact) mass is 289 g/mol. The number of nitrogens with zero attached hydrogens (tertiary/aromatic N) is 1. The van der Waals surface area contributed by atoms with E-state index in [0.717, 1.165) is 12.8 Å². The summed E-state index contributed by atoms with van der Waals surface area (Å²) in [6, 6.07) is -0.00387. The van der Waals surface area contributed by atoms with Crippen LogP contribution in [0.3, 0.4) is 0 Å². The summed E-state index contributed by atoms with van der Waals surface area (Å²) in [6.45, 7) is 0.476. The number of nitrogens with two attached hydrogens (primary N) is 1. The van der Waals surface area contributed by atoms with E-state index < -0.39 is 15.4 Å². The number of hydrogen-bond acceptors (Lipinski definition) is 5. The number of amides is 1. The van der Waals surface area contributed by atoms with Crippen LogP contribution in [0.1, 0.15) is 19.3 Å². The molecule has 2 rings (SSSR count). The van der Waals surface area contributed by atoms with Gasteiger partial charge >= 0.3 is 0 Å². The fourth-order valence-electron chi connectivity index (χ4n) is 3.04. The standard InChI is InChI=1S/C12H23N3O3S/c1-14-12(11(13)16,9-3-4-9)8-15(2)10-5-6-19(17,18)7-10/h9-10,14H,3-8H2,1-2H3,(H2,13,16). The van der Waals surface area contributed by atoms with Crippen molar-refractivity contribution >= 4 is 15.7 Å². The maximum absolute atomic E-state index is 11.8. The Kier molecular flexibility index (Phi) is 3.90. The van der Waals surface area contributed by atoms with Crippen LogP contribution < -0.4 is 11.1 Å². The lowest BCUT2D eigenvalue weighted by Gasteiger charge is -2.36. The first-order valence-corrected chi connectivity index (χ1v) is 8.52. The van der Waals surface area contributed by atoms with Gasteiger partial charge in [0, 0.05) is 12.6 Å². The maximum atomic E-state index is 11.8. The molecule has 3 N–H and O–H groups in total. The molecule has 1 aliphatic heterocycles. The average molecular weight is 289 g/mol. The lowest BCUT2D eigenvalue weighted by molar-refractivity contribution is -0.126. The Hall–Kier alpha value is -0.660. The Morgan fingerprint density at radius 1 is 1.42 bits per heavy atom. The zero-order valence-corrected chi connectivity index (χ0v) is 12.4. The summed E-state index contributed by atoms with van der Waals surface area (Å²) in [5, 5.41) is 3.09. The van der Waals surface area contributed by atoms with Crippen LogP contribution in [0.4, 0.5) is 0 Å². The fourth-order valence-corrected chi connectivity index (χ4v) is 4.84. The SMILES string of the molecule is CNC(CN(C)C1CCS(=O)(=O)C1)(C(N)=O)C1CC1. The van der Waals surface area contributed by atoms with Crippen molar-refractivity contribution in [2.75, 3.05) is 32.1 Å². The van der Waals surface area contributed by atoms with E-state index in [1.165, 1.54) is 0 Å². The van der Waals surface area contributed by atoms with Gasteiger partial charge in [0.2, 0.25) is 5.91 Å². The van der Waals surface area contributed by atoms with E-state index in [0.29, 0.717) is 13.0 Å². The van der Waals surface area contributed by atoms with Gasteiger partial charge in [-0.15, -0.1) is 0 Å². The Labute approximate surface area is 114 Å². The van der Waals surface area contributed by atoms with Crippen molar-refractivity contribution in [2.45, 2.75) is 30.8 Å². The van der Waals surface area contributed by atoms with Crippen LogP contribution in [0.5, 0.6) is 0 Å². The van der Waals surface area contributed by atoms with Crippen LogP contribution in [0, 0.1) is 5.92 Å². The van der Waals surface area contributed by atoms with Gasteiger partial charge in [-0.2, -0.15) is 0 Å². The highest BCUT2D eigenvalue weighted by atomic mass is 32.2. The number of rotatable bonds is 6. The van der Waals surface area contributed by atoms with Gasteiger partial charge in [-0.05, 0) is 39.3 Å². The summed E-state index contributed by atoms with van der Waals surface area (Å²) < 4.78 is 23.1. The second-order valence-electron chi connectivity index (χ2n) is 5.83. The highest BCUT2D eigenvalue weighted by molar-refractivity contribution is 7.91. The number of sulfone groups is 1. The number of likely N-dealkylation sites (N-methyl/N-ethyl adjacent to an activating group) is 2. The van der Waals surface area contributed by atoms with E-state index in [-0.39, 0.29) is 29.4 Å². The summed E-state index contributed by atoms with van der Waals surface area (Å²) in [5.41, 5.74) is 4.86. The molecule has 2 fully saturated rings. The number of carbonyl (C=O) groups excluding carboxylic acids is 1. The zero-order valence-electron chi connectivity index (χ0n) is 11.6. The molecule has 1 heterocycles. The summed E-state index contributed by atoms with van der Waals surface area (Å²) in [5.74, 6) is 0.363. The van der Waals surface area contributed by atoms with E-state index in [2.05, 4.69) is 5.32 Å². The van der Waals surface area contributed by atoms with Crippen LogP contribution in [-0.2, 0) is 14.6 Å². The molecule has 6 nitrogen and oxygen atoms in total. The molecule has 7 heteroatoms. The van der Waals surface area contributed by atoms with E-state index in [4.69, 9.17) is 5.73 Å². The third-order valence-electron chi connectivity index (χ3n) is 4.49. The molecule has 0 aromatic carbocycles. The van der Waals surface area contributed by atoms with Crippen LogP contribution in [0.2, 0.25) is 0 Å². The second-order valence-corrected chi connectivity index (χ2v) is 8.06. The van der Waals surface area contributed by atoms with Crippen molar-refractivity contribution in [1.82, 2.24) is 10.2 Å². The third-order valence-corrected chi connectivity index (χ3v) is 6.24. The van der Waals surface area contributed by atoms with Gasteiger partial charge in [-0.25, -0.2) is 8.42 Å². The fraction of sp³-hybridized carbons (Fsp3) is 0.917. The lowest BCUT2D eigenvalue weighted by atomic mass is 9.91. The molecule has 1 saturated heterocycles. The van der Waals surface area contributed by atoms with Gasteiger partial charge in [-0.3, -0.25) is 9.69 Å². The number of carbonyl (C=O) groups is 1. The number of hydrogen-bond donors (Lipinski definition) is 2. The van der Waals surface area contributed by atoms with Gasteiger partial charge in [0.15, 0.2) is 9.84 Å². The van der Waals surface area contributed by atoms with Gasteiger partial charge in [-0.1, -0.05) is 0 Å². The predicted molar refractivity (Wildman–Crippen MR) is 73.4 cm³/mol. The molecular weight excluding hydrogens is 266 g/mol. The Bertz CT molecular complexity index is 461. The molecule has 0 spiro atoms. The topological polar surface area (TPSA) is 92.5 Å². The molecule has 19 heavy (non-hydrogen) atoms. The quantitative estimate of drug-likeness (QED) is 0.651. The molecule has 0 bridgehead atoms. The van der Waals surface area contributed by atoms with Gasteiger partial charge < -0.3 is 11.1 Å². The summed E-state index contributed by atoms with van der Waals surface area (Å²) in [7, 11) is 0.724. The maximum Gasteiger partial charge on any atom is 0.239 e. The van der Waals surface area contributed by atoms with Gasteiger partial charge in [0.1, 0.15) is 5.54 Å².